The average Bonchev–Trinajstić information content (AvgIpc) is 2.74. The maximum absolute atomic E-state index is 12.8. The van der Waals surface area contributed by atoms with Crippen LogP contribution in [-0.4, -0.2) is 20.2 Å². The van der Waals surface area contributed by atoms with Crippen LogP contribution >= 0.6 is 0 Å². The van der Waals surface area contributed by atoms with Crippen LogP contribution < -0.4 is 15.4 Å². The van der Waals surface area contributed by atoms with Crippen molar-refractivity contribution in [3.63, 3.8) is 0 Å². The Kier molecular flexibility index (Phi) is 6.71. The van der Waals surface area contributed by atoms with E-state index in [2.05, 4.69) is 15.4 Å². The van der Waals surface area contributed by atoms with E-state index in [9.17, 15) is 18.0 Å². The van der Waals surface area contributed by atoms with Crippen molar-refractivity contribution in [2.45, 2.75) is 24.8 Å². The number of carbonyl (C=O) groups is 2. The molecule has 1 atom stereocenters. The molecular formula is C23H23N3O4S. The maximum Gasteiger partial charge on any atom is 0.261 e. The molecule has 0 fully saturated rings. The highest BCUT2D eigenvalue weighted by atomic mass is 32.2. The minimum atomic E-state index is -3.94. The number of benzene rings is 3. The molecule has 0 aromatic heterocycles. The van der Waals surface area contributed by atoms with Gasteiger partial charge in [-0.3, -0.25) is 14.3 Å². The van der Waals surface area contributed by atoms with E-state index in [-0.39, 0.29) is 28.1 Å². The molecule has 31 heavy (non-hydrogen) atoms. The van der Waals surface area contributed by atoms with Gasteiger partial charge in [0.25, 0.3) is 15.9 Å². The van der Waals surface area contributed by atoms with Crippen molar-refractivity contribution < 1.29 is 18.0 Å². The molecule has 0 aliphatic carbocycles. The number of anilines is 2. The summed E-state index contributed by atoms with van der Waals surface area (Å²) in [7, 11) is -3.94. The van der Waals surface area contributed by atoms with E-state index < -0.39 is 15.9 Å². The predicted molar refractivity (Wildman–Crippen MR) is 120 cm³/mol. The standard InChI is InChI=1S/C23H23N3O4S/c1-16(18-8-4-3-5-9-18)24-23(28)21-10-6-7-11-22(21)26-31(29,30)20-14-12-19(13-15-20)25-17(2)27/h3-16,26H,1-2H3,(H,24,28)(H,25,27)/t16-/m0/s1. The van der Waals surface area contributed by atoms with Crippen LogP contribution in [0.3, 0.4) is 0 Å². The normalized spacial score (nSPS) is 11.9. The van der Waals surface area contributed by atoms with Gasteiger partial charge in [0.1, 0.15) is 0 Å². The first-order chi connectivity index (χ1) is 14.8. The second-order valence-corrected chi connectivity index (χ2v) is 8.64. The fourth-order valence-corrected chi connectivity index (χ4v) is 4.07. The van der Waals surface area contributed by atoms with Crippen LogP contribution in [0.2, 0.25) is 0 Å². The highest BCUT2D eigenvalue weighted by Gasteiger charge is 2.20. The Bertz CT molecular complexity index is 1180. The molecule has 3 aromatic carbocycles. The van der Waals surface area contributed by atoms with Crippen LogP contribution in [0.5, 0.6) is 0 Å². The third kappa shape index (κ3) is 5.70. The highest BCUT2D eigenvalue weighted by Crippen LogP contribution is 2.22. The van der Waals surface area contributed by atoms with Gasteiger partial charge in [-0.25, -0.2) is 8.42 Å². The molecule has 0 saturated carbocycles. The zero-order valence-electron chi connectivity index (χ0n) is 17.1. The summed E-state index contributed by atoms with van der Waals surface area (Å²) in [6.07, 6.45) is 0. The number of amides is 2. The summed E-state index contributed by atoms with van der Waals surface area (Å²) >= 11 is 0. The topological polar surface area (TPSA) is 104 Å². The van der Waals surface area contributed by atoms with Gasteiger partial charge in [-0.15, -0.1) is 0 Å². The first-order valence-electron chi connectivity index (χ1n) is 9.61. The molecule has 0 heterocycles. The third-order valence-electron chi connectivity index (χ3n) is 4.55. The molecule has 3 N–H and O–H groups in total. The molecule has 0 unspecified atom stereocenters. The molecule has 8 heteroatoms. The van der Waals surface area contributed by atoms with Gasteiger partial charge in [0.2, 0.25) is 5.91 Å². The van der Waals surface area contributed by atoms with E-state index in [4.69, 9.17) is 0 Å². The molecule has 0 aliphatic heterocycles. The lowest BCUT2D eigenvalue weighted by atomic mass is 10.1. The molecule has 0 spiro atoms. The van der Waals surface area contributed by atoms with Crippen molar-refractivity contribution in [1.82, 2.24) is 5.32 Å². The zero-order chi connectivity index (χ0) is 22.4. The van der Waals surface area contributed by atoms with Gasteiger partial charge in [-0.05, 0) is 48.9 Å². The van der Waals surface area contributed by atoms with Crippen LogP contribution in [0.25, 0.3) is 0 Å². The molecule has 3 aromatic rings. The quantitative estimate of drug-likeness (QED) is 0.521. The summed E-state index contributed by atoms with van der Waals surface area (Å²) < 4.78 is 28.1. The summed E-state index contributed by atoms with van der Waals surface area (Å²) in [6.45, 7) is 3.23. The highest BCUT2D eigenvalue weighted by molar-refractivity contribution is 7.92. The molecule has 3 rings (SSSR count). The Hall–Kier alpha value is -3.65. The number of hydrogen-bond acceptors (Lipinski definition) is 4. The van der Waals surface area contributed by atoms with Crippen LogP contribution in [0.1, 0.15) is 35.8 Å². The summed E-state index contributed by atoms with van der Waals surface area (Å²) in [6, 6.07) is 21.4. The van der Waals surface area contributed by atoms with Crippen LogP contribution in [0.4, 0.5) is 11.4 Å². The van der Waals surface area contributed by atoms with E-state index in [0.717, 1.165) is 5.56 Å². The molecular weight excluding hydrogens is 414 g/mol. The zero-order valence-corrected chi connectivity index (χ0v) is 17.9. The number of nitrogens with one attached hydrogen (secondary N) is 3. The summed E-state index contributed by atoms with van der Waals surface area (Å²) in [4.78, 5) is 24.0. The van der Waals surface area contributed by atoms with Crippen LogP contribution in [0, 0.1) is 0 Å². The first kappa shape index (κ1) is 22.0. The summed E-state index contributed by atoms with van der Waals surface area (Å²) in [5.74, 6) is -0.644. The van der Waals surface area contributed by atoms with E-state index in [1.807, 2.05) is 37.3 Å². The summed E-state index contributed by atoms with van der Waals surface area (Å²) in [5, 5.41) is 5.47. The number of hydrogen-bond donors (Lipinski definition) is 3. The monoisotopic (exact) mass is 437 g/mol. The Balaban J connectivity index is 1.79. The van der Waals surface area contributed by atoms with Gasteiger partial charge in [-0.2, -0.15) is 0 Å². The lowest BCUT2D eigenvalue weighted by Gasteiger charge is -2.17. The van der Waals surface area contributed by atoms with E-state index in [0.29, 0.717) is 5.69 Å². The van der Waals surface area contributed by atoms with E-state index in [1.54, 1.807) is 18.2 Å². The minimum Gasteiger partial charge on any atom is -0.345 e. The average molecular weight is 438 g/mol. The largest absolute Gasteiger partial charge is 0.345 e. The van der Waals surface area contributed by atoms with Gasteiger partial charge in [0, 0.05) is 12.6 Å². The molecule has 0 radical (unpaired) electrons. The van der Waals surface area contributed by atoms with Crippen molar-refractivity contribution in [3.8, 4) is 0 Å². The van der Waals surface area contributed by atoms with Gasteiger partial charge in [0.15, 0.2) is 0 Å². The van der Waals surface area contributed by atoms with Gasteiger partial charge < -0.3 is 10.6 Å². The molecule has 160 valence electrons. The fourth-order valence-electron chi connectivity index (χ4n) is 2.99. The van der Waals surface area contributed by atoms with E-state index >= 15 is 0 Å². The molecule has 7 nitrogen and oxygen atoms in total. The number of carbonyl (C=O) groups excluding carboxylic acids is 2. The first-order valence-corrected chi connectivity index (χ1v) is 11.1. The van der Waals surface area contributed by atoms with Gasteiger partial charge >= 0.3 is 0 Å². The van der Waals surface area contributed by atoms with Crippen molar-refractivity contribution in [3.05, 3.63) is 90.0 Å². The molecule has 0 aliphatic rings. The second-order valence-electron chi connectivity index (χ2n) is 6.96. The second kappa shape index (κ2) is 9.44. The number of para-hydroxylation sites is 1. The number of rotatable bonds is 7. The third-order valence-corrected chi connectivity index (χ3v) is 5.93. The minimum absolute atomic E-state index is 0.00877. The van der Waals surface area contributed by atoms with Crippen LogP contribution in [-0.2, 0) is 14.8 Å². The lowest BCUT2D eigenvalue weighted by molar-refractivity contribution is -0.114. The van der Waals surface area contributed by atoms with E-state index in [1.165, 1.54) is 37.3 Å². The van der Waals surface area contributed by atoms with Crippen LogP contribution in [0.15, 0.2) is 83.8 Å². The SMILES string of the molecule is CC(=O)Nc1ccc(S(=O)(=O)Nc2ccccc2C(=O)N[C@@H](C)c2ccccc2)cc1. The van der Waals surface area contributed by atoms with Crippen molar-refractivity contribution in [2.75, 3.05) is 10.0 Å². The summed E-state index contributed by atoms with van der Waals surface area (Å²) in [5.41, 5.74) is 1.81. The van der Waals surface area contributed by atoms with Crippen molar-refractivity contribution >= 4 is 33.2 Å². The number of sulfonamides is 1. The molecule has 2 amide bonds. The van der Waals surface area contributed by atoms with Gasteiger partial charge in [-0.1, -0.05) is 42.5 Å². The van der Waals surface area contributed by atoms with Crippen molar-refractivity contribution in [2.24, 2.45) is 0 Å². The Labute approximate surface area is 181 Å². The Morgan fingerprint density at radius 2 is 1.45 bits per heavy atom. The maximum atomic E-state index is 12.8. The molecule has 0 saturated heterocycles. The Morgan fingerprint density at radius 3 is 2.10 bits per heavy atom. The smallest absolute Gasteiger partial charge is 0.261 e. The molecule has 0 bridgehead atoms. The van der Waals surface area contributed by atoms with Gasteiger partial charge in [0.05, 0.1) is 22.2 Å². The lowest BCUT2D eigenvalue weighted by Crippen LogP contribution is -2.28. The Morgan fingerprint density at radius 1 is 0.839 bits per heavy atom. The van der Waals surface area contributed by atoms with Crippen molar-refractivity contribution in [1.29, 1.82) is 0 Å². The predicted octanol–water partition coefficient (Wildman–Crippen LogP) is 3.94. The fraction of sp³-hybridized carbons (Fsp3) is 0.130.